The molecule has 0 aliphatic carbocycles. The Morgan fingerprint density at radius 2 is 0.803 bits per heavy atom. The Kier molecular flexibility index (Phi) is 8.67. The van der Waals surface area contributed by atoms with Gasteiger partial charge in [0.2, 0.25) is 0 Å². The van der Waals surface area contributed by atoms with Crippen molar-refractivity contribution in [2.75, 3.05) is 9.80 Å². The van der Waals surface area contributed by atoms with Crippen LogP contribution in [0.5, 0.6) is 0 Å². The lowest BCUT2D eigenvalue weighted by Crippen LogP contribution is -2.56. The molecule has 0 bridgehead atoms. The van der Waals surface area contributed by atoms with Gasteiger partial charge in [0.1, 0.15) is 19.2 Å². The summed E-state index contributed by atoms with van der Waals surface area (Å²) < 4.78 is 6.27. The van der Waals surface area contributed by atoms with Gasteiger partial charge in [-0.25, -0.2) is 0 Å². The van der Waals surface area contributed by atoms with Crippen molar-refractivity contribution in [3.8, 4) is 22.3 Å². The van der Waals surface area contributed by atoms with Crippen LogP contribution in [0.2, 0.25) is 13.1 Å². The molecule has 3 nitrogen and oxygen atoms in total. The van der Waals surface area contributed by atoms with Crippen LogP contribution in [0.4, 0.5) is 34.1 Å². The molecule has 0 N–H and O–H groups in total. The van der Waals surface area contributed by atoms with E-state index < -0.39 is 8.07 Å². The van der Waals surface area contributed by atoms with Crippen molar-refractivity contribution in [2.24, 2.45) is 0 Å². The summed E-state index contributed by atoms with van der Waals surface area (Å²) in [6.07, 6.45) is 0. The molecular formula is C62H44N2OSi. The first-order valence-corrected chi connectivity index (χ1v) is 25.8. The second kappa shape index (κ2) is 14.9. The molecule has 2 heterocycles. The fourth-order valence-electron chi connectivity index (χ4n) is 10.9. The van der Waals surface area contributed by atoms with Crippen LogP contribution >= 0.6 is 0 Å². The average Bonchev–Trinajstić information content (AvgIpc) is 3.75. The van der Waals surface area contributed by atoms with E-state index in [0.29, 0.717) is 0 Å². The number of benzene rings is 11. The van der Waals surface area contributed by atoms with Gasteiger partial charge in [0, 0.05) is 44.9 Å². The largest absolute Gasteiger partial charge is 0.456 e. The Balaban J connectivity index is 0.970. The van der Waals surface area contributed by atoms with Crippen LogP contribution in [0.3, 0.4) is 0 Å². The van der Waals surface area contributed by atoms with Crippen LogP contribution in [0.1, 0.15) is 0 Å². The van der Waals surface area contributed by atoms with Gasteiger partial charge in [0.25, 0.3) is 0 Å². The summed E-state index contributed by atoms with van der Waals surface area (Å²) in [5.74, 6) is 0. The number of hydrogen-bond donors (Lipinski definition) is 0. The van der Waals surface area contributed by atoms with E-state index in [4.69, 9.17) is 4.42 Å². The van der Waals surface area contributed by atoms with Crippen LogP contribution in [-0.2, 0) is 0 Å². The van der Waals surface area contributed by atoms with Crippen molar-refractivity contribution >= 4 is 107 Å². The molecular weight excluding hydrogens is 817 g/mol. The summed E-state index contributed by atoms with van der Waals surface area (Å²) in [7, 11) is -2.25. The molecule has 1 aliphatic rings. The minimum atomic E-state index is -2.25. The van der Waals surface area contributed by atoms with Gasteiger partial charge in [-0.1, -0.05) is 147 Å². The Hall–Kier alpha value is -8.18. The third-order valence-corrected chi connectivity index (χ3v) is 17.5. The molecule has 12 aromatic rings. The molecule has 0 unspecified atom stereocenters. The molecule has 13 rings (SSSR count). The highest BCUT2D eigenvalue weighted by Crippen LogP contribution is 2.46. The molecule has 0 amide bonds. The molecule has 0 saturated heterocycles. The van der Waals surface area contributed by atoms with E-state index in [1.54, 1.807) is 0 Å². The number of nitrogens with zero attached hydrogens (tertiary/aromatic N) is 2. The van der Waals surface area contributed by atoms with Crippen molar-refractivity contribution < 1.29 is 4.42 Å². The molecule has 0 atom stereocenters. The highest BCUT2D eigenvalue weighted by Gasteiger charge is 2.37. The Morgan fingerprint density at radius 3 is 1.50 bits per heavy atom. The van der Waals surface area contributed by atoms with E-state index in [9.17, 15) is 0 Å². The quantitative estimate of drug-likeness (QED) is 0.118. The second-order valence-corrected chi connectivity index (χ2v) is 22.4. The lowest BCUT2D eigenvalue weighted by atomic mass is 9.87. The molecule has 11 aromatic carbocycles. The Morgan fingerprint density at radius 1 is 0.303 bits per heavy atom. The molecule has 0 fully saturated rings. The highest BCUT2D eigenvalue weighted by molar-refractivity contribution is 7.03. The van der Waals surface area contributed by atoms with E-state index in [1.165, 1.54) is 64.9 Å². The minimum Gasteiger partial charge on any atom is -0.456 e. The van der Waals surface area contributed by atoms with Gasteiger partial charge in [0.05, 0.1) is 0 Å². The SMILES string of the molecule is C[Si]1(C)c2cc(N(c3ccccc3)c3ccc4oc5ccccc5c4c3)ccc2-c2cc3c4ccccc4c(-c4ccc(N(c5ccccc5)c5ccccc5)cc4)cc3c3cccc1c23. The summed E-state index contributed by atoms with van der Waals surface area (Å²) in [5.41, 5.74) is 13.7. The van der Waals surface area contributed by atoms with Crippen LogP contribution < -0.4 is 20.2 Å². The zero-order chi connectivity index (χ0) is 43.9. The third kappa shape index (κ3) is 5.96. The maximum atomic E-state index is 6.27. The number of hydrogen-bond acceptors (Lipinski definition) is 3. The van der Waals surface area contributed by atoms with E-state index >= 15 is 0 Å². The zero-order valence-corrected chi connectivity index (χ0v) is 37.7. The van der Waals surface area contributed by atoms with Crippen LogP contribution in [-0.4, -0.2) is 8.07 Å². The number of fused-ring (bicyclic) bond motifs is 9. The second-order valence-electron chi connectivity index (χ2n) is 18.1. The molecule has 1 aromatic heterocycles. The fraction of sp³-hybridized carbons (Fsp3) is 0.0323. The maximum Gasteiger partial charge on any atom is 0.135 e. The predicted octanol–water partition coefficient (Wildman–Crippen LogP) is 16.5. The normalized spacial score (nSPS) is 12.8. The van der Waals surface area contributed by atoms with Gasteiger partial charge < -0.3 is 14.2 Å². The van der Waals surface area contributed by atoms with Gasteiger partial charge >= 0.3 is 0 Å². The van der Waals surface area contributed by atoms with Crippen molar-refractivity contribution in [1.82, 2.24) is 0 Å². The molecule has 0 spiro atoms. The predicted molar refractivity (Wildman–Crippen MR) is 283 cm³/mol. The molecule has 1 aliphatic heterocycles. The lowest BCUT2D eigenvalue weighted by Gasteiger charge is -2.35. The van der Waals surface area contributed by atoms with E-state index in [-0.39, 0.29) is 0 Å². The monoisotopic (exact) mass is 860 g/mol. The Bertz CT molecular complexity index is 3800. The van der Waals surface area contributed by atoms with Gasteiger partial charge in [-0.3, -0.25) is 0 Å². The van der Waals surface area contributed by atoms with Crippen LogP contribution in [0.15, 0.2) is 235 Å². The van der Waals surface area contributed by atoms with Crippen molar-refractivity contribution in [1.29, 1.82) is 0 Å². The van der Waals surface area contributed by atoms with E-state index in [1.807, 2.05) is 6.07 Å². The standard InChI is InChI=1S/C62H44N2OSi/c1-66(2)60-28-16-26-52-55-39-53(41-29-31-45(32-30-41)63(42-17-6-3-7-18-42)43-19-8-4-9-20-43)48-23-12-13-24-49(48)54(55)40-57(62(52)60)51-35-33-47(38-61(51)66)64(44-21-10-5-11-22-44)46-34-36-59-56(37-46)50-25-14-15-27-58(50)65-59/h3-40H,1-2H3. The van der Waals surface area contributed by atoms with Crippen LogP contribution in [0.25, 0.3) is 76.5 Å². The smallest absolute Gasteiger partial charge is 0.135 e. The summed E-state index contributed by atoms with van der Waals surface area (Å²) >= 11 is 0. The van der Waals surface area contributed by atoms with Crippen LogP contribution in [0, 0.1) is 0 Å². The lowest BCUT2D eigenvalue weighted by molar-refractivity contribution is 0.669. The van der Waals surface area contributed by atoms with Gasteiger partial charge in [0.15, 0.2) is 0 Å². The zero-order valence-electron chi connectivity index (χ0n) is 36.7. The third-order valence-electron chi connectivity index (χ3n) is 14.0. The first kappa shape index (κ1) is 38.3. The first-order valence-electron chi connectivity index (χ1n) is 22.8. The number of para-hydroxylation sites is 4. The molecule has 66 heavy (non-hydrogen) atoms. The summed E-state index contributed by atoms with van der Waals surface area (Å²) in [5, 5.41) is 13.0. The summed E-state index contributed by atoms with van der Waals surface area (Å²) in [6, 6.07) is 84.3. The maximum absolute atomic E-state index is 6.27. The average molecular weight is 861 g/mol. The summed E-state index contributed by atoms with van der Waals surface area (Å²) in [6.45, 7) is 5.07. The van der Waals surface area contributed by atoms with E-state index in [0.717, 1.165) is 56.1 Å². The minimum absolute atomic E-state index is 0.899. The fourth-order valence-corrected chi connectivity index (χ4v) is 14.0. The summed E-state index contributed by atoms with van der Waals surface area (Å²) in [4.78, 5) is 4.73. The van der Waals surface area contributed by atoms with Crippen molar-refractivity contribution in [3.63, 3.8) is 0 Å². The highest BCUT2D eigenvalue weighted by atomic mass is 28.3. The van der Waals surface area contributed by atoms with Gasteiger partial charge in [-0.05, 0) is 162 Å². The molecule has 0 radical (unpaired) electrons. The topological polar surface area (TPSA) is 19.6 Å². The molecule has 4 heteroatoms. The van der Waals surface area contributed by atoms with E-state index in [2.05, 4.69) is 247 Å². The van der Waals surface area contributed by atoms with Gasteiger partial charge in [-0.2, -0.15) is 0 Å². The van der Waals surface area contributed by atoms with Crippen molar-refractivity contribution in [2.45, 2.75) is 13.1 Å². The number of anilines is 6. The number of rotatable bonds is 7. The molecule has 312 valence electrons. The number of furan rings is 1. The van der Waals surface area contributed by atoms with Crippen molar-refractivity contribution in [3.05, 3.63) is 231 Å². The first-order chi connectivity index (χ1) is 32.5. The van der Waals surface area contributed by atoms with Gasteiger partial charge in [-0.15, -0.1) is 0 Å². The molecule has 0 saturated carbocycles. The Labute approximate surface area is 385 Å².